The first kappa shape index (κ1) is 21.0. The Morgan fingerprint density at radius 1 is 0.938 bits per heavy atom. The van der Waals surface area contributed by atoms with Crippen LogP contribution >= 0.6 is 0 Å². The maximum absolute atomic E-state index is 13.5. The molecule has 8 heteroatoms. The molecule has 4 aromatic rings. The molecule has 32 heavy (non-hydrogen) atoms. The van der Waals surface area contributed by atoms with Crippen LogP contribution in [0.5, 0.6) is 5.75 Å². The number of hydrogen-bond donors (Lipinski definition) is 2. The molecule has 0 bridgehead atoms. The third-order valence-electron chi connectivity index (χ3n) is 4.60. The molecule has 6 nitrogen and oxygen atoms in total. The van der Waals surface area contributed by atoms with Crippen LogP contribution in [0.3, 0.4) is 0 Å². The number of anilines is 2. The number of carbonyl (C=O) groups is 2. The zero-order chi connectivity index (χ0) is 22.7. The van der Waals surface area contributed by atoms with Crippen LogP contribution in [0.15, 0.2) is 71.1 Å². The molecule has 2 N–H and O–H groups in total. The van der Waals surface area contributed by atoms with Crippen molar-refractivity contribution in [2.75, 3.05) is 17.2 Å². The second kappa shape index (κ2) is 8.89. The lowest BCUT2D eigenvalue weighted by Gasteiger charge is -2.09. The summed E-state index contributed by atoms with van der Waals surface area (Å²) in [5.74, 6) is -3.02. The lowest BCUT2D eigenvalue weighted by atomic mass is 10.2. The Hall–Kier alpha value is -4.20. The first-order valence-electron chi connectivity index (χ1n) is 9.68. The minimum Gasteiger partial charge on any atom is -0.484 e. The van der Waals surface area contributed by atoms with E-state index >= 15 is 0 Å². The molecule has 0 saturated carbocycles. The largest absolute Gasteiger partial charge is 0.484 e. The van der Waals surface area contributed by atoms with Gasteiger partial charge in [-0.1, -0.05) is 24.3 Å². The summed E-state index contributed by atoms with van der Waals surface area (Å²) in [6.07, 6.45) is 0. The molecular weight excluding hydrogens is 418 g/mol. The van der Waals surface area contributed by atoms with E-state index in [1.165, 1.54) is 6.07 Å². The van der Waals surface area contributed by atoms with E-state index in [2.05, 4.69) is 10.6 Å². The number of aryl methyl sites for hydroxylation is 1. The number of ether oxygens (including phenoxy) is 1. The van der Waals surface area contributed by atoms with Gasteiger partial charge >= 0.3 is 0 Å². The van der Waals surface area contributed by atoms with Crippen molar-refractivity contribution in [2.24, 2.45) is 0 Å². The second-order valence-corrected chi connectivity index (χ2v) is 7.04. The van der Waals surface area contributed by atoms with Gasteiger partial charge in [-0.2, -0.15) is 0 Å². The number of fused-ring (bicyclic) bond motifs is 1. The van der Waals surface area contributed by atoms with Crippen molar-refractivity contribution in [3.8, 4) is 5.75 Å². The number of halogens is 2. The lowest BCUT2D eigenvalue weighted by Crippen LogP contribution is -2.22. The molecule has 2 amide bonds. The van der Waals surface area contributed by atoms with Crippen LogP contribution in [-0.2, 0) is 4.79 Å². The van der Waals surface area contributed by atoms with Gasteiger partial charge in [-0.25, -0.2) is 8.78 Å². The highest BCUT2D eigenvalue weighted by Gasteiger charge is 2.23. The van der Waals surface area contributed by atoms with Crippen LogP contribution in [0.4, 0.5) is 20.2 Å². The molecular formula is C24H18F2N2O4. The van der Waals surface area contributed by atoms with E-state index in [1.807, 2.05) is 19.1 Å². The molecule has 0 aliphatic carbocycles. The number of hydrogen-bond acceptors (Lipinski definition) is 4. The Balaban J connectivity index is 1.56. The maximum Gasteiger partial charge on any atom is 0.293 e. The second-order valence-electron chi connectivity index (χ2n) is 7.04. The van der Waals surface area contributed by atoms with Crippen LogP contribution < -0.4 is 15.4 Å². The monoisotopic (exact) mass is 436 g/mol. The van der Waals surface area contributed by atoms with Gasteiger partial charge in [0.1, 0.15) is 17.0 Å². The van der Waals surface area contributed by atoms with Crippen LogP contribution in [0.2, 0.25) is 0 Å². The van der Waals surface area contributed by atoms with Crippen LogP contribution in [0, 0.1) is 18.6 Å². The maximum atomic E-state index is 13.5. The zero-order valence-electron chi connectivity index (χ0n) is 16.9. The van der Waals surface area contributed by atoms with Gasteiger partial charge < -0.3 is 19.8 Å². The molecule has 0 saturated heterocycles. The van der Waals surface area contributed by atoms with Crippen LogP contribution in [0.1, 0.15) is 16.1 Å². The molecule has 0 aliphatic rings. The third kappa shape index (κ3) is 4.59. The standard InChI is InChI=1S/C24H18F2N2O4/c1-14-5-4-6-16(11-14)31-13-21(29)28-22-17-7-2-3-8-20(17)32-23(22)24(30)27-15-9-10-18(25)19(26)12-15/h2-12H,13H2,1H3,(H,27,30)(H,28,29). The topological polar surface area (TPSA) is 80.6 Å². The minimum atomic E-state index is -1.10. The van der Waals surface area contributed by atoms with E-state index in [-0.39, 0.29) is 23.7 Å². The summed E-state index contributed by atoms with van der Waals surface area (Å²) in [6.45, 7) is 1.62. The minimum absolute atomic E-state index is 0.0365. The Morgan fingerprint density at radius 2 is 1.75 bits per heavy atom. The quantitative estimate of drug-likeness (QED) is 0.430. The van der Waals surface area contributed by atoms with E-state index < -0.39 is 23.4 Å². The summed E-state index contributed by atoms with van der Waals surface area (Å²) in [7, 11) is 0. The van der Waals surface area contributed by atoms with Crippen molar-refractivity contribution in [1.29, 1.82) is 0 Å². The van der Waals surface area contributed by atoms with E-state index in [0.717, 1.165) is 17.7 Å². The molecule has 0 aliphatic heterocycles. The van der Waals surface area contributed by atoms with Crippen molar-refractivity contribution in [2.45, 2.75) is 6.92 Å². The number of furan rings is 1. The lowest BCUT2D eigenvalue weighted by molar-refractivity contribution is -0.118. The molecule has 1 aromatic heterocycles. The summed E-state index contributed by atoms with van der Waals surface area (Å²) < 4.78 is 37.8. The fourth-order valence-electron chi connectivity index (χ4n) is 3.12. The molecule has 1 heterocycles. The summed E-state index contributed by atoms with van der Waals surface area (Å²) in [5, 5.41) is 5.60. The predicted octanol–water partition coefficient (Wildman–Crippen LogP) is 5.29. The molecule has 4 rings (SSSR count). The Bertz CT molecular complexity index is 1320. The molecule has 162 valence electrons. The Morgan fingerprint density at radius 3 is 2.53 bits per heavy atom. The zero-order valence-corrected chi connectivity index (χ0v) is 16.9. The van der Waals surface area contributed by atoms with Gasteiger partial charge in [0.2, 0.25) is 5.76 Å². The highest BCUT2D eigenvalue weighted by molar-refractivity contribution is 6.14. The normalized spacial score (nSPS) is 10.7. The summed E-state index contributed by atoms with van der Waals surface area (Å²) in [6, 6.07) is 17.0. The number of rotatable bonds is 6. The van der Waals surface area contributed by atoms with Crippen molar-refractivity contribution in [3.05, 3.63) is 89.7 Å². The first-order valence-corrected chi connectivity index (χ1v) is 9.68. The number of nitrogens with one attached hydrogen (secondary N) is 2. The van der Waals surface area contributed by atoms with Crippen molar-refractivity contribution < 1.29 is 27.5 Å². The van der Waals surface area contributed by atoms with Gasteiger partial charge in [0.15, 0.2) is 18.2 Å². The first-order chi connectivity index (χ1) is 15.4. The highest BCUT2D eigenvalue weighted by Crippen LogP contribution is 2.31. The van der Waals surface area contributed by atoms with Gasteiger partial charge in [-0.3, -0.25) is 9.59 Å². The van der Waals surface area contributed by atoms with Crippen LogP contribution in [0.25, 0.3) is 11.0 Å². The van der Waals surface area contributed by atoms with Gasteiger partial charge in [0, 0.05) is 17.1 Å². The smallest absolute Gasteiger partial charge is 0.293 e. The van der Waals surface area contributed by atoms with Crippen molar-refractivity contribution in [1.82, 2.24) is 0 Å². The van der Waals surface area contributed by atoms with E-state index in [1.54, 1.807) is 36.4 Å². The SMILES string of the molecule is Cc1cccc(OCC(=O)Nc2c(C(=O)Nc3ccc(F)c(F)c3)oc3ccccc23)c1. The number of amides is 2. The van der Waals surface area contributed by atoms with Crippen LogP contribution in [-0.4, -0.2) is 18.4 Å². The van der Waals surface area contributed by atoms with E-state index in [9.17, 15) is 18.4 Å². The average molecular weight is 436 g/mol. The number of benzene rings is 3. The Kier molecular flexibility index (Phi) is 5.85. The molecule has 3 aromatic carbocycles. The fraction of sp³-hybridized carbons (Fsp3) is 0.0833. The highest BCUT2D eigenvalue weighted by atomic mass is 19.2. The summed E-state index contributed by atoms with van der Waals surface area (Å²) >= 11 is 0. The Labute approximate surface area is 181 Å². The predicted molar refractivity (Wildman–Crippen MR) is 116 cm³/mol. The van der Waals surface area contributed by atoms with Gasteiger partial charge in [0.25, 0.3) is 11.8 Å². The fourth-order valence-corrected chi connectivity index (χ4v) is 3.12. The summed E-state index contributed by atoms with van der Waals surface area (Å²) in [4.78, 5) is 25.3. The summed E-state index contributed by atoms with van der Waals surface area (Å²) in [5.41, 5.74) is 1.55. The van der Waals surface area contributed by atoms with Crippen molar-refractivity contribution >= 4 is 34.2 Å². The van der Waals surface area contributed by atoms with E-state index in [4.69, 9.17) is 9.15 Å². The molecule has 0 unspecified atom stereocenters. The van der Waals surface area contributed by atoms with Gasteiger partial charge in [-0.15, -0.1) is 0 Å². The van der Waals surface area contributed by atoms with Crippen molar-refractivity contribution in [3.63, 3.8) is 0 Å². The molecule has 0 spiro atoms. The number of para-hydroxylation sites is 1. The average Bonchev–Trinajstić information content (AvgIpc) is 3.13. The van der Waals surface area contributed by atoms with Gasteiger partial charge in [0.05, 0.1) is 0 Å². The van der Waals surface area contributed by atoms with Gasteiger partial charge in [-0.05, 0) is 48.9 Å². The molecule has 0 radical (unpaired) electrons. The molecule has 0 atom stereocenters. The molecule has 0 fully saturated rings. The third-order valence-corrected chi connectivity index (χ3v) is 4.60. The number of carbonyl (C=O) groups excluding carboxylic acids is 2. The van der Waals surface area contributed by atoms with E-state index in [0.29, 0.717) is 16.7 Å².